The molecule has 92 valence electrons. The van der Waals surface area contributed by atoms with E-state index in [1.165, 1.54) is 12.4 Å². The first kappa shape index (κ1) is 12.0. The number of aryl methyl sites for hydroxylation is 1. The van der Waals surface area contributed by atoms with Gasteiger partial charge >= 0.3 is 5.97 Å². The minimum Gasteiger partial charge on any atom is -0.478 e. The number of halogens is 1. The molecule has 0 aliphatic rings. The van der Waals surface area contributed by atoms with Crippen molar-refractivity contribution in [1.29, 1.82) is 0 Å². The van der Waals surface area contributed by atoms with Crippen LogP contribution in [-0.4, -0.2) is 21.0 Å². The summed E-state index contributed by atoms with van der Waals surface area (Å²) in [6.07, 6.45) is 1.33. The molecular formula is C12H9FN2O3. The van der Waals surface area contributed by atoms with Crippen LogP contribution in [0.2, 0.25) is 0 Å². The van der Waals surface area contributed by atoms with Gasteiger partial charge in [0, 0.05) is 17.8 Å². The number of carboxylic acid groups (broad SMARTS) is 1. The number of nitrogens with zero attached hydrogens (tertiary/aromatic N) is 2. The van der Waals surface area contributed by atoms with Crippen molar-refractivity contribution in [3.8, 4) is 11.6 Å². The van der Waals surface area contributed by atoms with Gasteiger partial charge in [0.15, 0.2) is 0 Å². The molecular weight excluding hydrogens is 239 g/mol. The zero-order chi connectivity index (χ0) is 13.1. The predicted molar refractivity (Wildman–Crippen MR) is 60.2 cm³/mol. The van der Waals surface area contributed by atoms with Crippen LogP contribution in [0.5, 0.6) is 11.6 Å². The highest BCUT2D eigenvalue weighted by molar-refractivity contribution is 5.88. The second kappa shape index (κ2) is 4.79. The first-order valence-corrected chi connectivity index (χ1v) is 5.05. The van der Waals surface area contributed by atoms with Crippen molar-refractivity contribution in [3.63, 3.8) is 0 Å². The first-order chi connectivity index (χ1) is 8.56. The van der Waals surface area contributed by atoms with E-state index in [0.717, 1.165) is 12.1 Å². The van der Waals surface area contributed by atoms with Crippen LogP contribution in [0.15, 0.2) is 30.6 Å². The quantitative estimate of drug-likeness (QED) is 0.902. The second-order valence-corrected chi connectivity index (χ2v) is 3.55. The van der Waals surface area contributed by atoms with E-state index in [0.29, 0.717) is 5.69 Å². The second-order valence-electron chi connectivity index (χ2n) is 3.55. The van der Waals surface area contributed by atoms with Crippen LogP contribution < -0.4 is 4.74 Å². The lowest BCUT2D eigenvalue weighted by Crippen LogP contribution is -2.00. The highest BCUT2D eigenvalue weighted by atomic mass is 19.1. The van der Waals surface area contributed by atoms with Crippen molar-refractivity contribution in [1.82, 2.24) is 9.97 Å². The van der Waals surface area contributed by atoms with Crippen LogP contribution in [0.1, 0.15) is 16.1 Å². The van der Waals surface area contributed by atoms with Gasteiger partial charge in [0.1, 0.15) is 17.9 Å². The maximum atomic E-state index is 13.4. The van der Waals surface area contributed by atoms with Crippen LogP contribution >= 0.6 is 0 Å². The standard InChI is InChI=1S/C12H9FN2O3/c1-7-4-11(15-6-14-7)18-8-2-3-9(12(16)17)10(13)5-8/h2-6H,1H3,(H,16,17). The Hall–Kier alpha value is -2.50. The number of hydrogen-bond donors (Lipinski definition) is 1. The van der Waals surface area contributed by atoms with Crippen molar-refractivity contribution in [3.05, 3.63) is 47.7 Å². The van der Waals surface area contributed by atoms with Gasteiger partial charge in [-0.15, -0.1) is 0 Å². The van der Waals surface area contributed by atoms with E-state index in [9.17, 15) is 9.18 Å². The molecule has 0 unspecified atom stereocenters. The van der Waals surface area contributed by atoms with Crippen molar-refractivity contribution in [2.75, 3.05) is 0 Å². The third-order valence-corrected chi connectivity index (χ3v) is 2.17. The molecule has 0 saturated heterocycles. The maximum absolute atomic E-state index is 13.4. The van der Waals surface area contributed by atoms with E-state index < -0.39 is 17.3 Å². The summed E-state index contributed by atoms with van der Waals surface area (Å²) in [5, 5.41) is 8.68. The van der Waals surface area contributed by atoms with Crippen LogP contribution in [-0.2, 0) is 0 Å². The van der Waals surface area contributed by atoms with Crippen molar-refractivity contribution < 1.29 is 19.0 Å². The van der Waals surface area contributed by atoms with Gasteiger partial charge in [0.25, 0.3) is 0 Å². The lowest BCUT2D eigenvalue weighted by Gasteiger charge is -2.05. The number of benzene rings is 1. The van der Waals surface area contributed by atoms with E-state index >= 15 is 0 Å². The zero-order valence-electron chi connectivity index (χ0n) is 9.42. The molecule has 2 aromatic rings. The third-order valence-electron chi connectivity index (χ3n) is 2.17. The Balaban J connectivity index is 2.25. The van der Waals surface area contributed by atoms with Crippen molar-refractivity contribution in [2.24, 2.45) is 0 Å². The third kappa shape index (κ3) is 2.60. The molecule has 0 fully saturated rings. The average Bonchev–Trinajstić information content (AvgIpc) is 2.28. The van der Waals surface area contributed by atoms with Gasteiger partial charge in [-0.3, -0.25) is 0 Å². The van der Waals surface area contributed by atoms with Gasteiger partial charge in [0.2, 0.25) is 5.88 Å². The Morgan fingerprint density at radius 3 is 2.72 bits per heavy atom. The first-order valence-electron chi connectivity index (χ1n) is 5.05. The van der Waals surface area contributed by atoms with Crippen molar-refractivity contribution in [2.45, 2.75) is 6.92 Å². The molecule has 0 aliphatic heterocycles. The van der Waals surface area contributed by atoms with Gasteiger partial charge in [-0.05, 0) is 19.1 Å². The fraction of sp³-hybridized carbons (Fsp3) is 0.0833. The Morgan fingerprint density at radius 1 is 1.33 bits per heavy atom. The predicted octanol–water partition coefficient (Wildman–Crippen LogP) is 2.41. The average molecular weight is 248 g/mol. The van der Waals surface area contributed by atoms with Gasteiger partial charge in [-0.1, -0.05) is 0 Å². The summed E-state index contributed by atoms with van der Waals surface area (Å²) < 4.78 is 18.7. The smallest absolute Gasteiger partial charge is 0.338 e. The Bertz CT molecular complexity index is 602. The fourth-order valence-corrected chi connectivity index (χ4v) is 1.34. The van der Waals surface area contributed by atoms with Gasteiger partial charge in [0.05, 0.1) is 5.56 Å². The highest BCUT2D eigenvalue weighted by Gasteiger charge is 2.11. The number of ether oxygens (including phenoxy) is 1. The van der Waals surface area contributed by atoms with Crippen LogP contribution in [0, 0.1) is 12.7 Å². The summed E-state index contributed by atoms with van der Waals surface area (Å²) in [6, 6.07) is 5.09. The summed E-state index contributed by atoms with van der Waals surface area (Å²) in [6.45, 7) is 1.77. The lowest BCUT2D eigenvalue weighted by molar-refractivity contribution is 0.0692. The molecule has 18 heavy (non-hydrogen) atoms. The molecule has 5 nitrogen and oxygen atoms in total. The number of hydrogen-bond acceptors (Lipinski definition) is 4. The van der Waals surface area contributed by atoms with Crippen molar-refractivity contribution >= 4 is 5.97 Å². The molecule has 0 atom stereocenters. The summed E-state index contributed by atoms with van der Waals surface area (Å²) in [4.78, 5) is 18.4. The largest absolute Gasteiger partial charge is 0.478 e. The number of aromatic nitrogens is 2. The Morgan fingerprint density at radius 2 is 2.11 bits per heavy atom. The van der Waals surface area contributed by atoms with E-state index in [-0.39, 0.29) is 11.6 Å². The van der Waals surface area contributed by atoms with Crippen LogP contribution in [0.4, 0.5) is 4.39 Å². The van der Waals surface area contributed by atoms with Gasteiger partial charge in [-0.2, -0.15) is 0 Å². The Kier molecular flexibility index (Phi) is 3.18. The normalized spacial score (nSPS) is 10.1. The zero-order valence-corrected chi connectivity index (χ0v) is 9.42. The minimum atomic E-state index is -1.32. The number of carbonyl (C=O) groups is 1. The SMILES string of the molecule is Cc1cc(Oc2ccc(C(=O)O)c(F)c2)ncn1. The van der Waals surface area contributed by atoms with E-state index in [4.69, 9.17) is 9.84 Å². The Labute approximate surface area is 102 Å². The number of rotatable bonds is 3. The summed E-state index contributed by atoms with van der Waals surface area (Å²) in [5.41, 5.74) is 0.309. The van der Waals surface area contributed by atoms with Crippen LogP contribution in [0.25, 0.3) is 0 Å². The van der Waals surface area contributed by atoms with E-state index in [2.05, 4.69) is 9.97 Å². The molecule has 1 aromatic carbocycles. The fourth-order valence-electron chi connectivity index (χ4n) is 1.34. The summed E-state index contributed by atoms with van der Waals surface area (Å²) >= 11 is 0. The number of aromatic carboxylic acids is 1. The minimum absolute atomic E-state index is 0.176. The van der Waals surface area contributed by atoms with Crippen LogP contribution in [0.3, 0.4) is 0 Å². The molecule has 1 N–H and O–H groups in total. The molecule has 0 amide bonds. The maximum Gasteiger partial charge on any atom is 0.338 e. The molecule has 1 heterocycles. The lowest BCUT2D eigenvalue weighted by atomic mass is 10.2. The van der Waals surface area contributed by atoms with E-state index in [1.807, 2.05) is 0 Å². The van der Waals surface area contributed by atoms with Gasteiger partial charge < -0.3 is 9.84 Å². The monoisotopic (exact) mass is 248 g/mol. The molecule has 0 bridgehead atoms. The highest BCUT2D eigenvalue weighted by Crippen LogP contribution is 2.22. The molecule has 2 rings (SSSR count). The summed E-state index contributed by atoms with van der Waals surface area (Å²) in [5.74, 6) is -1.73. The molecule has 0 radical (unpaired) electrons. The molecule has 1 aromatic heterocycles. The summed E-state index contributed by atoms with van der Waals surface area (Å²) in [7, 11) is 0. The van der Waals surface area contributed by atoms with Gasteiger partial charge in [-0.25, -0.2) is 19.2 Å². The molecule has 0 spiro atoms. The molecule has 0 saturated carbocycles. The molecule has 0 aliphatic carbocycles. The number of carboxylic acids is 1. The molecule has 6 heteroatoms. The topological polar surface area (TPSA) is 72.3 Å². The van der Waals surface area contributed by atoms with E-state index in [1.54, 1.807) is 13.0 Å².